The van der Waals surface area contributed by atoms with Crippen LogP contribution in [0.4, 0.5) is 4.79 Å². The van der Waals surface area contributed by atoms with Gasteiger partial charge in [-0.15, -0.1) is 11.3 Å². The lowest BCUT2D eigenvalue weighted by atomic mass is 10.1. The zero-order chi connectivity index (χ0) is 37.7. The van der Waals surface area contributed by atoms with Gasteiger partial charge in [0.25, 0.3) is 5.91 Å². The van der Waals surface area contributed by atoms with E-state index in [0.29, 0.717) is 57.5 Å². The number of pyridine rings is 1. The number of ether oxygens (including phenoxy) is 2. The van der Waals surface area contributed by atoms with Gasteiger partial charge in [0.15, 0.2) is 0 Å². The van der Waals surface area contributed by atoms with Gasteiger partial charge in [0.2, 0.25) is 15.9 Å². The lowest BCUT2D eigenvalue weighted by molar-refractivity contribution is -0.131. The second-order valence-corrected chi connectivity index (χ2v) is 18.5. The number of allylic oxidation sites excluding steroid dienone is 1. The third-order valence-electron chi connectivity index (χ3n) is 10.8. The van der Waals surface area contributed by atoms with Gasteiger partial charge in [-0.3, -0.25) is 14.3 Å². The van der Waals surface area contributed by atoms with Crippen LogP contribution in [-0.4, -0.2) is 83.8 Å². The Kier molecular flexibility index (Phi) is 10.1. The summed E-state index contributed by atoms with van der Waals surface area (Å²) in [6.07, 6.45) is 7.83. The van der Waals surface area contributed by atoms with Gasteiger partial charge in [0.1, 0.15) is 44.9 Å². The molecule has 0 spiro atoms. The number of nitrogens with one attached hydrogen (secondary N) is 3. The van der Waals surface area contributed by atoms with E-state index in [9.17, 15) is 22.8 Å². The molecule has 13 nitrogen and oxygen atoms in total. The lowest BCUT2D eigenvalue weighted by Crippen LogP contribution is -2.57. The first-order chi connectivity index (χ1) is 25.2. The third kappa shape index (κ3) is 7.31. The van der Waals surface area contributed by atoms with Crippen molar-refractivity contribution in [1.29, 1.82) is 0 Å². The van der Waals surface area contributed by atoms with Crippen LogP contribution in [-0.2, 0) is 19.6 Å². The van der Waals surface area contributed by atoms with Crippen LogP contribution < -0.4 is 24.8 Å². The number of hydrogen-bond acceptors (Lipinski definition) is 10. The molecule has 3 N–H and O–H groups in total. The zero-order valence-electron chi connectivity index (χ0n) is 30.2. The molecule has 2 saturated carbocycles. The molecule has 3 aromatic rings. The summed E-state index contributed by atoms with van der Waals surface area (Å²) in [5.74, 6) is -0.585. The maximum absolute atomic E-state index is 14.2. The smallest absolute Gasteiger partial charge is 0.318 e. The fraction of sp³-hybridized carbons (Fsp3) is 0.541. The number of sulfonamides is 1. The quantitative estimate of drug-likeness (QED) is 0.244. The van der Waals surface area contributed by atoms with Gasteiger partial charge in [-0.25, -0.2) is 23.2 Å². The number of amides is 4. The van der Waals surface area contributed by atoms with Crippen LogP contribution in [0.2, 0.25) is 5.02 Å². The van der Waals surface area contributed by atoms with Gasteiger partial charge in [-0.1, -0.05) is 44.0 Å². The zero-order valence-corrected chi connectivity index (χ0v) is 32.6. The molecule has 3 unspecified atom stereocenters. The molecule has 2 aromatic heterocycles. The number of urea groups is 1. The number of benzene rings is 1. The molecular formula is C37H45ClN6O7S2. The lowest BCUT2D eigenvalue weighted by Gasteiger charge is -2.27. The highest BCUT2D eigenvalue weighted by Crippen LogP contribution is 2.48. The Bertz CT molecular complexity index is 2080. The molecule has 0 bridgehead atoms. The number of fused-ring (bicyclic) bond motifs is 3. The van der Waals surface area contributed by atoms with Crippen molar-refractivity contribution in [1.82, 2.24) is 30.2 Å². The van der Waals surface area contributed by atoms with Crippen LogP contribution in [0.1, 0.15) is 83.7 Å². The van der Waals surface area contributed by atoms with Crippen LogP contribution in [0.5, 0.6) is 11.5 Å². The van der Waals surface area contributed by atoms with E-state index in [1.54, 1.807) is 25.1 Å². The number of hydrogen-bond donors (Lipinski definition) is 3. The Morgan fingerprint density at radius 1 is 1.15 bits per heavy atom. The number of carbonyl (C=O) groups is 3. The predicted molar refractivity (Wildman–Crippen MR) is 203 cm³/mol. The van der Waals surface area contributed by atoms with E-state index in [4.69, 9.17) is 31.0 Å². The van der Waals surface area contributed by atoms with E-state index in [1.165, 1.54) is 23.3 Å². The average molecular weight is 785 g/mol. The number of thiazole rings is 1. The molecular weight excluding hydrogens is 740 g/mol. The van der Waals surface area contributed by atoms with Crippen LogP contribution in [0.15, 0.2) is 35.7 Å². The van der Waals surface area contributed by atoms with Crippen LogP contribution in [0, 0.1) is 5.92 Å². The summed E-state index contributed by atoms with van der Waals surface area (Å²) in [7, 11) is -2.42. The monoisotopic (exact) mass is 784 g/mol. The largest absolute Gasteiger partial charge is 0.495 e. The van der Waals surface area contributed by atoms with Crippen LogP contribution >= 0.6 is 22.9 Å². The summed E-state index contributed by atoms with van der Waals surface area (Å²) in [6, 6.07) is 3.91. The number of rotatable bonds is 8. The third-order valence-corrected chi connectivity index (χ3v) is 14.2. The minimum Gasteiger partial charge on any atom is -0.495 e. The van der Waals surface area contributed by atoms with Crippen molar-refractivity contribution in [2.45, 2.75) is 100 Å². The highest BCUT2D eigenvalue weighted by molar-refractivity contribution is 7.91. The first kappa shape index (κ1) is 37.4. The molecule has 16 heteroatoms. The SMILES string of the molecule is COc1ccc2c(OC3C[C@H]4C(=O)NC5(C(=O)NS(=O)(=O)C6(C)CC6)CC5/C=C\CCCCCNC(=O)N4C3)cc(-c3nc(C(C)C)cs3)nc2c1Cl. The molecule has 2 aliphatic carbocycles. The summed E-state index contributed by atoms with van der Waals surface area (Å²) >= 11 is 8.25. The van der Waals surface area contributed by atoms with Crippen molar-refractivity contribution in [2.24, 2.45) is 5.92 Å². The summed E-state index contributed by atoms with van der Waals surface area (Å²) in [5, 5.41) is 9.47. The van der Waals surface area contributed by atoms with E-state index >= 15 is 0 Å². The Morgan fingerprint density at radius 2 is 1.94 bits per heavy atom. The first-order valence-electron chi connectivity index (χ1n) is 18.1. The van der Waals surface area contributed by atoms with Crippen LogP contribution in [0.25, 0.3) is 21.6 Å². The van der Waals surface area contributed by atoms with E-state index in [0.717, 1.165) is 31.4 Å². The standard InChI is InChI=1S/C37H45ClN6O7S2/c1-21(2)26-20-52-33(41-26)25-17-29(24-11-12-28(50-4)30(38)31(24)40-25)51-23-16-27-32(45)42-37(34(46)43-53(48,49)36(3)13-14-36)18-22(37)10-8-6-5-7-9-15-39-35(47)44(27)19-23/h8,10-12,17,20-23,27H,5-7,9,13-16,18-19H2,1-4H3,(H,39,47)(H,42,45)(H,43,46)/b10-8-/t22?,23?,27-,37?/m0/s1. The van der Waals surface area contributed by atoms with Crippen molar-refractivity contribution in [3.8, 4) is 22.2 Å². The number of halogens is 1. The van der Waals surface area contributed by atoms with Gasteiger partial charge in [0.05, 0.1) is 29.6 Å². The summed E-state index contributed by atoms with van der Waals surface area (Å²) in [5.41, 5.74) is 0.488. The molecule has 1 saturated heterocycles. The minimum atomic E-state index is -3.95. The van der Waals surface area contributed by atoms with Crippen molar-refractivity contribution in [3.63, 3.8) is 0 Å². The molecule has 53 heavy (non-hydrogen) atoms. The molecule has 3 fully saturated rings. The Morgan fingerprint density at radius 3 is 2.66 bits per heavy atom. The van der Waals surface area contributed by atoms with E-state index in [1.807, 2.05) is 17.5 Å². The van der Waals surface area contributed by atoms with E-state index < -0.39 is 50.3 Å². The van der Waals surface area contributed by atoms with Gasteiger partial charge in [-0.05, 0) is 63.5 Å². The van der Waals surface area contributed by atoms with Gasteiger partial charge in [-0.2, -0.15) is 0 Å². The molecule has 0 radical (unpaired) electrons. The Labute approximate surface area is 318 Å². The summed E-state index contributed by atoms with van der Waals surface area (Å²) < 4.78 is 39.6. The van der Waals surface area contributed by atoms with Gasteiger partial charge < -0.3 is 25.0 Å². The number of methoxy groups -OCH3 is 1. The number of aromatic nitrogens is 2. The molecule has 2 aliphatic heterocycles. The Hall–Kier alpha value is -3.95. The van der Waals surface area contributed by atoms with E-state index in [-0.39, 0.29) is 31.2 Å². The highest BCUT2D eigenvalue weighted by Gasteiger charge is 2.63. The molecule has 1 aromatic carbocycles. The highest BCUT2D eigenvalue weighted by atomic mass is 35.5. The van der Waals surface area contributed by atoms with Crippen molar-refractivity contribution >= 4 is 61.7 Å². The molecule has 4 aliphatic rings. The second-order valence-electron chi connectivity index (χ2n) is 15.0. The van der Waals surface area contributed by atoms with Crippen molar-refractivity contribution in [2.75, 3.05) is 20.2 Å². The fourth-order valence-electron chi connectivity index (χ4n) is 6.97. The second kappa shape index (κ2) is 14.4. The fourth-order valence-corrected chi connectivity index (χ4v) is 9.50. The molecule has 7 rings (SSSR count). The average Bonchev–Trinajstić information content (AvgIpc) is 3.89. The van der Waals surface area contributed by atoms with Gasteiger partial charge >= 0.3 is 6.03 Å². The topological polar surface area (TPSA) is 169 Å². The Balaban J connectivity index is 1.20. The minimum absolute atomic E-state index is 0.0803. The first-order valence-corrected chi connectivity index (χ1v) is 20.9. The van der Waals surface area contributed by atoms with Crippen molar-refractivity contribution < 1.29 is 32.3 Å². The number of carbonyl (C=O) groups excluding carboxylic acids is 3. The molecule has 4 heterocycles. The predicted octanol–water partition coefficient (Wildman–Crippen LogP) is 5.68. The van der Waals surface area contributed by atoms with Crippen LogP contribution in [0.3, 0.4) is 0 Å². The van der Waals surface area contributed by atoms with Crippen molar-refractivity contribution in [3.05, 3.63) is 46.4 Å². The molecule has 4 atom stereocenters. The maximum Gasteiger partial charge on any atom is 0.318 e. The normalized spacial score (nSPS) is 26.4. The van der Waals surface area contributed by atoms with E-state index in [2.05, 4.69) is 29.2 Å². The van der Waals surface area contributed by atoms with Gasteiger partial charge in [0, 0.05) is 35.7 Å². The summed E-state index contributed by atoms with van der Waals surface area (Å²) in [6.45, 7) is 6.26. The maximum atomic E-state index is 14.2. The summed E-state index contributed by atoms with van der Waals surface area (Å²) in [4.78, 5) is 52.7. The molecule has 4 amide bonds. The molecule has 284 valence electrons. The number of nitrogens with zero attached hydrogens (tertiary/aromatic N) is 3.